The number of rotatable bonds is 2. The first-order valence-corrected chi connectivity index (χ1v) is 5.61. The Bertz CT molecular complexity index is 684. The molecule has 88 valence electrons. The molecular formula is C14H11N3O. The average molecular weight is 237 g/mol. The van der Waals surface area contributed by atoms with Crippen molar-refractivity contribution in [2.45, 2.75) is 0 Å². The van der Waals surface area contributed by atoms with Crippen molar-refractivity contribution in [2.75, 3.05) is 5.32 Å². The maximum Gasteiger partial charge on any atom is 0.257 e. The lowest BCUT2D eigenvalue weighted by Gasteiger charge is -2.07. The van der Waals surface area contributed by atoms with Gasteiger partial charge in [0.25, 0.3) is 5.91 Å². The molecule has 0 fully saturated rings. The molecule has 0 unspecified atom stereocenters. The van der Waals surface area contributed by atoms with Crippen LogP contribution >= 0.6 is 0 Å². The number of aromatic amines is 1. The number of fused-ring (bicyclic) bond motifs is 1. The van der Waals surface area contributed by atoms with Gasteiger partial charge in [-0.2, -0.15) is 0 Å². The van der Waals surface area contributed by atoms with Gasteiger partial charge in [-0.3, -0.25) is 9.78 Å². The SMILES string of the molecule is O=C(Nc1cccc2cnccc12)c1cc[nH]c1. The summed E-state index contributed by atoms with van der Waals surface area (Å²) >= 11 is 0. The second kappa shape index (κ2) is 4.33. The minimum atomic E-state index is -0.124. The molecule has 2 aromatic heterocycles. The van der Waals surface area contributed by atoms with E-state index in [9.17, 15) is 4.79 Å². The minimum absolute atomic E-state index is 0.124. The number of nitrogens with zero attached hydrogens (tertiary/aromatic N) is 1. The van der Waals surface area contributed by atoms with Gasteiger partial charge < -0.3 is 10.3 Å². The number of nitrogens with one attached hydrogen (secondary N) is 2. The fraction of sp³-hybridized carbons (Fsp3) is 0. The molecule has 0 radical (unpaired) electrons. The monoisotopic (exact) mass is 237 g/mol. The van der Waals surface area contributed by atoms with Crippen molar-refractivity contribution in [3.8, 4) is 0 Å². The summed E-state index contributed by atoms with van der Waals surface area (Å²) in [7, 11) is 0. The Labute approximate surface area is 104 Å². The Morgan fingerprint density at radius 2 is 2.17 bits per heavy atom. The predicted octanol–water partition coefficient (Wildman–Crippen LogP) is 2.82. The van der Waals surface area contributed by atoms with Gasteiger partial charge in [0.15, 0.2) is 0 Å². The van der Waals surface area contributed by atoms with Crippen LogP contribution in [0.15, 0.2) is 55.1 Å². The van der Waals surface area contributed by atoms with Crippen LogP contribution in [-0.2, 0) is 0 Å². The molecule has 3 rings (SSSR count). The van der Waals surface area contributed by atoms with E-state index in [2.05, 4.69) is 15.3 Å². The highest BCUT2D eigenvalue weighted by molar-refractivity contribution is 6.08. The molecule has 0 saturated carbocycles. The van der Waals surface area contributed by atoms with Crippen LogP contribution < -0.4 is 5.32 Å². The molecule has 2 heterocycles. The summed E-state index contributed by atoms with van der Waals surface area (Å²) in [5.41, 5.74) is 1.40. The quantitative estimate of drug-likeness (QED) is 0.720. The number of aromatic nitrogens is 2. The van der Waals surface area contributed by atoms with Gasteiger partial charge in [-0.25, -0.2) is 0 Å². The molecule has 0 aliphatic rings. The van der Waals surface area contributed by atoms with Crippen LogP contribution in [0, 0.1) is 0 Å². The number of hydrogen-bond donors (Lipinski definition) is 2. The molecule has 18 heavy (non-hydrogen) atoms. The molecular weight excluding hydrogens is 226 g/mol. The fourth-order valence-corrected chi connectivity index (χ4v) is 1.89. The van der Waals surface area contributed by atoms with E-state index >= 15 is 0 Å². The molecule has 1 amide bonds. The van der Waals surface area contributed by atoms with Crippen LogP contribution in [-0.4, -0.2) is 15.9 Å². The van der Waals surface area contributed by atoms with Gasteiger partial charge in [0.05, 0.1) is 5.56 Å². The van der Waals surface area contributed by atoms with Crippen molar-refractivity contribution in [1.29, 1.82) is 0 Å². The summed E-state index contributed by atoms with van der Waals surface area (Å²) in [5.74, 6) is -0.124. The average Bonchev–Trinajstić information content (AvgIpc) is 2.93. The zero-order chi connectivity index (χ0) is 12.4. The zero-order valence-corrected chi connectivity index (χ0v) is 9.55. The molecule has 1 aromatic carbocycles. The maximum atomic E-state index is 12.0. The third-order valence-electron chi connectivity index (χ3n) is 2.79. The Kier molecular flexibility index (Phi) is 2.53. The number of carbonyl (C=O) groups is 1. The zero-order valence-electron chi connectivity index (χ0n) is 9.55. The summed E-state index contributed by atoms with van der Waals surface area (Å²) in [4.78, 5) is 18.9. The van der Waals surface area contributed by atoms with E-state index in [0.717, 1.165) is 16.5 Å². The van der Waals surface area contributed by atoms with Gasteiger partial charge in [-0.15, -0.1) is 0 Å². The summed E-state index contributed by atoms with van der Waals surface area (Å²) in [6.07, 6.45) is 6.89. The molecule has 0 saturated heterocycles. The second-order valence-electron chi connectivity index (χ2n) is 3.96. The first-order valence-electron chi connectivity index (χ1n) is 5.61. The van der Waals surface area contributed by atoms with Crippen molar-refractivity contribution in [2.24, 2.45) is 0 Å². The van der Waals surface area contributed by atoms with Crippen LogP contribution in [0.25, 0.3) is 10.8 Å². The van der Waals surface area contributed by atoms with Gasteiger partial charge in [0.2, 0.25) is 0 Å². The highest BCUT2D eigenvalue weighted by atomic mass is 16.1. The van der Waals surface area contributed by atoms with Gasteiger partial charge >= 0.3 is 0 Å². The van der Waals surface area contributed by atoms with Crippen LogP contribution in [0.5, 0.6) is 0 Å². The highest BCUT2D eigenvalue weighted by Gasteiger charge is 2.08. The molecule has 4 nitrogen and oxygen atoms in total. The number of pyridine rings is 1. The largest absolute Gasteiger partial charge is 0.367 e. The van der Waals surface area contributed by atoms with Gasteiger partial charge in [0, 0.05) is 41.2 Å². The number of carbonyl (C=O) groups excluding carboxylic acids is 1. The second-order valence-corrected chi connectivity index (χ2v) is 3.96. The topological polar surface area (TPSA) is 57.8 Å². The molecule has 0 aliphatic heterocycles. The smallest absolute Gasteiger partial charge is 0.257 e. The molecule has 4 heteroatoms. The molecule has 3 aromatic rings. The maximum absolute atomic E-state index is 12.0. The molecule has 2 N–H and O–H groups in total. The molecule has 0 spiro atoms. The van der Waals surface area contributed by atoms with E-state index in [4.69, 9.17) is 0 Å². The number of H-pyrrole nitrogens is 1. The Morgan fingerprint density at radius 1 is 1.22 bits per heavy atom. The summed E-state index contributed by atoms with van der Waals surface area (Å²) in [6.45, 7) is 0. The Balaban J connectivity index is 1.98. The third kappa shape index (κ3) is 1.84. The summed E-state index contributed by atoms with van der Waals surface area (Å²) < 4.78 is 0. The van der Waals surface area contributed by atoms with Crippen LogP contribution in [0.2, 0.25) is 0 Å². The van der Waals surface area contributed by atoms with E-state index < -0.39 is 0 Å². The molecule has 0 bridgehead atoms. The minimum Gasteiger partial charge on any atom is -0.367 e. The lowest BCUT2D eigenvalue weighted by molar-refractivity contribution is 0.102. The fourth-order valence-electron chi connectivity index (χ4n) is 1.89. The number of hydrogen-bond acceptors (Lipinski definition) is 2. The van der Waals surface area contributed by atoms with Crippen LogP contribution in [0.3, 0.4) is 0 Å². The number of benzene rings is 1. The van der Waals surface area contributed by atoms with Crippen molar-refractivity contribution in [1.82, 2.24) is 9.97 Å². The highest BCUT2D eigenvalue weighted by Crippen LogP contribution is 2.22. The summed E-state index contributed by atoms with van der Waals surface area (Å²) in [5, 5.41) is 4.89. The van der Waals surface area contributed by atoms with Gasteiger partial charge in [0.1, 0.15) is 0 Å². The number of amides is 1. The van der Waals surface area contributed by atoms with E-state index in [1.807, 2.05) is 24.3 Å². The van der Waals surface area contributed by atoms with Crippen LogP contribution in [0.1, 0.15) is 10.4 Å². The van der Waals surface area contributed by atoms with E-state index in [1.54, 1.807) is 30.9 Å². The Morgan fingerprint density at radius 3 is 3.00 bits per heavy atom. The van der Waals surface area contributed by atoms with E-state index in [-0.39, 0.29) is 5.91 Å². The molecule has 0 aliphatic carbocycles. The van der Waals surface area contributed by atoms with Gasteiger partial charge in [-0.05, 0) is 18.2 Å². The van der Waals surface area contributed by atoms with Crippen molar-refractivity contribution >= 4 is 22.4 Å². The van der Waals surface area contributed by atoms with Crippen molar-refractivity contribution < 1.29 is 4.79 Å². The molecule has 0 atom stereocenters. The van der Waals surface area contributed by atoms with Crippen molar-refractivity contribution in [3.63, 3.8) is 0 Å². The summed E-state index contributed by atoms with van der Waals surface area (Å²) in [6, 6.07) is 9.38. The standard InChI is InChI=1S/C14H11N3O/c18-14(11-4-6-15-9-11)17-13-3-1-2-10-8-16-7-5-12(10)13/h1-9,15H,(H,17,18). The predicted molar refractivity (Wildman–Crippen MR) is 70.5 cm³/mol. The Hall–Kier alpha value is -2.62. The first kappa shape index (κ1) is 10.5. The lowest BCUT2D eigenvalue weighted by atomic mass is 10.1. The van der Waals surface area contributed by atoms with Crippen molar-refractivity contribution in [3.05, 3.63) is 60.7 Å². The van der Waals surface area contributed by atoms with E-state index in [1.165, 1.54) is 0 Å². The normalized spacial score (nSPS) is 10.4. The third-order valence-corrected chi connectivity index (χ3v) is 2.79. The lowest BCUT2D eigenvalue weighted by Crippen LogP contribution is -2.11. The van der Waals surface area contributed by atoms with Crippen LogP contribution in [0.4, 0.5) is 5.69 Å². The number of anilines is 1. The van der Waals surface area contributed by atoms with E-state index in [0.29, 0.717) is 5.56 Å². The van der Waals surface area contributed by atoms with Gasteiger partial charge in [-0.1, -0.05) is 12.1 Å². The first-order chi connectivity index (χ1) is 8.84.